The first-order valence-corrected chi connectivity index (χ1v) is 9.85. The quantitative estimate of drug-likeness (QED) is 0.320. The summed E-state index contributed by atoms with van der Waals surface area (Å²) in [7, 11) is 3.31. The van der Waals surface area contributed by atoms with Crippen molar-refractivity contribution in [2.24, 2.45) is 11.8 Å². The van der Waals surface area contributed by atoms with Gasteiger partial charge in [0.25, 0.3) is 0 Å². The van der Waals surface area contributed by atoms with Gasteiger partial charge >= 0.3 is 0 Å². The second-order valence-corrected chi connectivity index (χ2v) is 7.10. The van der Waals surface area contributed by atoms with Crippen LogP contribution in [0.3, 0.4) is 0 Å². The third-order valence-corrected chi connectivity index (χ3v) is 5.08. The Morgan fingerprint density at radius 2 is 1.93 bits per heavy atom. The van der Waals surface area contributed by atoms with E-state index in [0.29, 0.717) is 25.2 Å². The van der Waals surface area contributed by atoms with E-state index < -0.39 is 0 Å². The number of aliphatic hydroxyl groups excluding tert-OH is 1. The first-order chi connectivity index (χ1) is 13.3. The number of aliphatic hydroxyl groups is 1. The van der Waals surface area contributed by atoms with Crippen LogP contribution < -0.4 is 4.74 Å². The van der Waals surface area contributed by atoms with Crippen LogP contribution in [0.1, 0.15) is 37.7 Å². The summed E-state index contributed by atoms with van der Waals surface area (Å²) in [6.07, 6.45) is 9.79. The molecule has 1 saturated carbocycles. The smallest absolute Gasteiger partial charge is 0.146 e. The Kier molecular flexibility index (Phi) is 10.5. The molecule has 0 aromatic heterocycles. The Hall–Kier alpha value is -1.40. The predicted molar refractivity (Wildman–Crippen MR) is 106 cm³/mol. The van der Waals surface area contributed by atoms with Gasteiger partial charge in [-0.15, -0.1) is 0 Å². The van der Waals surface area contributed by atoms with Gasteiger partial charge in [-0.2, -0.15) is 0 Å². The molecule has 5 nitrogen and oxygen atoms in total. The molecule has 27 heavy (non-hydrogen) atoms. The van der Waals surface area contributed by atoms with Crippen LogP contribution in [0.4, 0.5) is 0 Å². The van der Waals surface area contributed by atoms with Crippen LogP contribution in [-0.4, -0.2) is 45.4 Å². The van der Waals surface area contributed by atoms with Gasteiger partial charge in [0, 0.05) is 20.3 Å². The van der Waals surface area contributed by atoms with Gasteiger partial charge in [0.05, 0.1) is 19.8 Å². The average molecular weight is 379 g/mol. The van der Waals surface area contributed by atoms with Crippen LogP contribution in [-0.2, 0) is 20.8 Å². The summed E-state index contributed by atoms with van der Waals surface area (Å²) in [4.78, 5) is 0. The Morgan fingerprint density at radius 1 is 1.11 bits per heavy atom. The molecule has 1 aromatic rings. The van der Waals surface area contributed by atoms with E-state index in [9.17, 15) is 5.11 Å². The fourth-order valence-electron chi connectivity index (χ4n) is 3.50. The van der Waals surface area contributed by atoms with Gasteiger partial charge in [0.15, 0.2) is 0 Å². The minimum atomic E-state index is 0.197. The van der Waals surface area contributed by atoms with E-state index in [4.69, 9.17) is 18.9 Å². The van der Waals surface area contributed by atoms with Crippen molar-refractivity contribution < 1.29 is 24.1 Å². The number of methoxy groups -OCH3 is 2. The third kappa shape index (κ3) is 8.01. The fraction of sp³-hybridized carbons (Fsp3) is 0.636. The molecule has 1 fully saturated rings. The molecule has 0 spiro atoms. The summed E-state index contributed by atoms with van der Waals surface area (Å²) >= 11 is 0. The zero-order valence-corrected chi connectivity index (χ0v) is 16.6. The van der Waals surface area contributed by atoms with E-state index in [-0.39, 0.29) is 12.7 Å². The van der Waals surface area contributed by atoms with Crippen molar-refractivity contribution in [2.45, 2.75) is 44.8 Å². The summed E-state index contributed by atoms with van der Waals surface area (Å²) in [5.74, 6) is 1.58. The van der Waals surface area contributed by atoms with E-state index in [2.05, 4.69) is 12.2 Å². The van der Waals surface area contributed by atoms with Crippen molar-refractivity contribution in [1.82, 2.24) is 0 Å². The molecule has 152 valence electrons. The standard InChI is InChI=1S/C22H34O5/c1-24-17-27-22-13-19(20(14-22)15-23)7-5-3-4-6-12-26-16-18-8-10-21(25-2)11-9-18/h5,7-11,19-20,22-23H,3-4,6,12-17H2,1-2H3/b7-5+/t19-,20+,22+/m1/s1. The molecular weight excluding hydrogens is 344 g/mol. The number of hydrogen-bond acceptors (Lipinski definition) is 5. The van der Waals surface area contributed by atoms with E-state index in [0.717, 1.165) is 50.0 Å². The molecule has 2 rings (SSSR count). The first-order valence-electron chi connectivity index (χ1n) is 9.85. The topological polar surface area (TPSA) is 57.2 Å². The van der Waals surface area contributed by atoms with Crippen molar-refractivity contribution >= 4 is 0 Å². The molecule has 0 saturated heterocycles. The number of unbranched alkanes of at least 4 members (excludes halogenated alkanes) is 2. The molecular formula is C22H34O5. The normalized spacial score (nSPS) is 22.6. The number of benzene rings is 1. The van der Waals surface area contributed by atoms with Crippen LogP contribution >= 0.6 is 0 Å². The lowest BCUT2D eigenvalue weighted by Crippen LogP contribution is -2.11. The molecule has 0 bridgehead atoms. The van der Waals surface area contributed by atoms with Crippen molar-refractivity contribution in [3.63, 3.8) is 0 Å². The molecule has 0 unspecified atom stereocenters. The fourth-order valence-corrected chi connectivity index (χ4v) is 3.50. The molecule has 1 aliphatic rings. The number of ether oxygens (including phenoxy) is 4. The Labute approximate surface area is 163 Å². The summed E-state index contributed by atoms with van der Waals surface area (Å²) in [5.41, 5.74) is 1.16. The molecule has 5 heteroatoms. The lowest BCUT2D eigenvalue weighted by molar-refractivity contribution is -0.0707. The first kappa shape index (κ1) is 21.9. The van der Waals surface area contributed by atoms with Gasteiger partial charge in [-0.3, -0.25) is 0 Å². The SMILES string of the molecule is COCO[C@@H]1C[C@@H](CO)[C@H](/C=C/CCCCOCc2ccc(OC)cc2)C1. The number of hydrogen-bond donors (Lipinski definition) is 1. The summed E-state index contributed by atoms with van der Waals surface area (Å²) in [6, 6.07) is 7.97. The second-order valence-electron chi connectivity index (χ2n) is 7.10. The second kappa shape index (κ2) is 12.9. The molecule has 1 N–H and O–H groups in total. The monoisotopic (exact) mass is 378 g/mol. The maximum absolute atomic E-state index is 9.56. The number of rotatable bonds is 13. The highest BCUT2D eigenvalue weighted by Gasteiger charge is 2.32. The molecule has 0 heterocycles. The maximum atomic E-state index is 9.56. The van der Waals surface area contributed by atoms with Gasteiger partial charge in [0.2, 0.25) is 0 Å². The molecule has 0 amide bonds. The van der Waals surface area contributed by atoms with Gasteiger partial charge in [0.1, 0.15) is 12.5 Å². The Bertz CT molecular complexity index is 528. The minimum absolute atomic E-state index is 0.197. The molecule has 0 radical (unpaired) electrons. The summed E-state index contributed by atoms with van der Waals surface area (Å²) in [6.45, 7) is 1.97. The minimum Gasteiger partial charge on any atom is -0.497 e. The molecule has 1 aromatic carbocycles. The van der Waals surface area contributed by atoms with E-state index >= 15 is 0 Å². The third-order valence-electron chi connectivity index (χ3n) is 5.08. The van der Waals surface area contributed by atoms with Crippen LogP contribution in [0.5, 0.6) is 5.75 Å². The summed E-state index contributed by atoms with van der Waals surface area (Å²) < 4.78 is 21.5. The predicted octanol–water partition coefficient (Wildman–Crippen LogP) is 3.95. The van der Waals surface area contributed by atoms with Crippen molar-refractivity contribution in [2.75, 3.05) is 34.2 Å². The van der Waals surface area contributed by atoms with Gasteiger partial charge in [-0.1, -0.05) is 24.3 Å². The Morgan fingerprint density at radius 3 is 2.63 bits per heavy atom. The summed E-state index contributed by atoms with van der Waals surface area (Å²) in [5, 5.41) is 9.56. The van der Waals surface area contributed by atoms with Crippen LogP contribution in [0.15, 0.2) is 36.4 Å². The molecule has 0 aliphatic heterocycles. The Balaban J connectivity index is 1.55. The average Bonchev–Trinajstić information content (AvgIpc) is 3.11. The largest absolute Gasteiger partial charge is 0.497 e. The van der Waals surface area contributed by atoms with E-state index in [1.54, 1.807) is 14.2 Å². The zero-order chi connectivity index (χ0) is 19.3. The van der Waals surface area contributed by atoms with Crippen molar-refractivity contribution in [1.29, 1.82) is 0 Å². The van der Waals surface area contributed by atoms with E-state index in [1.807, 2.05) is 24.3 Å². The highest BCUT2D eigenvalue weighted by atomic mass is 16.7. The van der Waals surface area contributed by atoms with Crippen molar-refractivity contribution in [3.8, 4) is 5.75 Å². The maximum Gasteiger partial charge on any atom is 0.146 e. The van der Waals surface area contributed by atoms with E-state index in [1.165, 1.54) is 0 Å². The highest BCUT2D eigenvalue weighted by Crippen LogP contribution is 2.34. The van der Waals surface area contributed by atoms with Crippen LogP contribution in [0.2, 0.25) is 0 Å². The lowest BCUT2D eigenvalue weighted by atomic mass is 9.96. The van der Waals surface area contributed by atoms with Crippen LogP contribution in [0.25, 0.3) is 0 Å². The molecule has 3 atom stereocenters. The highest BCUT2D eigenvalue weighted by molar-refractivity contribution is 5.26. The zero-order valence-electron chi connectivity index (χ0n) is 16.6. The van der Waals surface area contributed by atoms with Gasteiger partial charge in [-0.25, -0.2) is 0 Å². The van der Waals surface area contributed by atoms with Gasteiger partial charge in [-0.05, 0) is 61.6 Å². The van der Waals surface area contributed by atoms with Crippen LogP contribution in [0, 0.1) is 11.8 Å². The number of allylic oxidation sites excluding steroid dienone is 2. The lowest BCUT2D eigenvalue weighted by Gasteiger charge is -2.11. The van der Waals surface area contributed by atoms with Crippen molar-refractivity contribution in [3.05, 3.63) is 42.0 Å². The molecule has 1 aliphatic carbocycles. The van der Waals surface area contributed by atoms with Gasteiger partial charge < -0.3 is 24.1 Å².